The largest absolute Gasteiger partial charge is 0.507 e. The van der Waals surface area contributed by atoms with Crippen LogP contribution < -0.4 is 4.74 Å². The molecule has 0 aliphatic heterocycles. The zero-order valence-electron chi connectivity index (χ0n) is 14.9. The summed E-state index contributed by atoms with van der Waals surface area (Å²) in [5.74, 6) is -0.208. The number of carbonyl (C=O) groups is 1. The van der Waals surface area contributed by atoms with E-state index in [2.05, 4.69) is 15.2 Å². The van der Waals surface area contributed by atoms with Crippen molar-refractivity contribution in [1.82, 2.24) is 19.6 Å². The predicted molar refractivity (Wildman–Crippen MR) is 95.9 cm³/mol. The lowest BCUT2D eigenvalue weighted by Crippen LogP contribution is -2.06. The van der Waals surface area contributed by atoms with Crippen LogP contribution in [0.2, 0.25) is 0 Å². The number of halogens is 3. The summed E-state index contributed by atoms with van der Waals surface area (Å²) in [6, 6.07) is 7.80. The van der Waals surface area contributed by atoms with Crippen LogP contribution in [0.15, 0.2) is 48.8 Å². The Bertz CT molecular complexity index is 1230. The van der Waals surface area contributed by atoms with E-state index in [9.17, 15) is 23.1 Å². The van der Waals surface area contributed by atoms with Gasteiger partial charge in [0.15, 0.2) is 17.3 Å². The third kappa shape index (κ3) is 3.28. The van der Waals surface area contributed by atoms with Gasteiger partial charge in [0.25, 0.3) is 0 Å². The number of rotatable bonds is 4. The number of phenolic OH excluding ortho intramolecular Hbond substituents is 1. The zero-order valence-corrected chi connectivity index (χ0v) is 14.9. The van der Waals surface area contributed by atoms with Crippen LogP contribution in [0.25, 0.3) is 17.2 Å². The topological polar surface area (TPSA) is 92.5 Å². The van der Waals surface area contributed by atoms with E-state index in [1.807, 2.05) is 0 Å². The standard InChI is InChI=1S/C19H13F3N4O3/c1-29-12-3-4-15(27)13(7-12)17(28)10-6-14(23-8-10)18-25-24-16-5-2-11(9-26(16)18)19(20,21)22/h2-9,23,27H,1H3. The van der Waals surface area contributed by atoms with Crippen molar-refractivity contribution in [2.24, 2.45) is 0 Å². The molecule has 2 N–H and O–H groups in total. The molecule has 3 aromatic heterocycles. The van der Waals surface area contributed by atoms with Crippen LogP contribution in [-0.4, -0.2) is 37.6 Å². The van der Waals surface area contributed by atoms with Gasteiger partial charge in [-0.3, -0.25) is 9.20 Å². The first kappa shape index (κ1) is 18.5. The molecule has 4 aromatic rings. The van der Waals surface area contributed by atoms with Crippen molar-refractivity contribution in [2.45, 2.75) is 6.18 Å². The predicted octanol–water partition coefficient (Wildman–Crippen LogP) is 3.69. The smallest absolute Gasteiger partial charge is 0.417 e. The first-order chi connectivity index (χ1) is 13.8. The van der Waals surface area contributed by atoms with Gasteiger partial charge >= 0.3 is 6.18 Å². The van der Waals surface area contributed by atoms with Crippen molar-refractivity contribution >= 4 is 11.4 Å². The van der Waals surface area contributed by atoms with E-state index < -0.39 is 17.5 Å². The summed E-state index contributed by atoms with van der Waals surface area (Å²) in [6.45, 7) is 0. The Kier molecular flexibility index (Phi) is 4.26. The van der Waals surface area contributed by atoms with Crippen molar-refractivity contribution in [3.8, 4) is 23.0 Å². The maximum absolute atomic E-state index is 13.0. The number of aromatic nitrogens is 4. The van der Waals surface area contributed by atoms with E-state index in [4.69, 9.17) is 4.74 Å². The number of nitrogens with one attached hydrogen (secondary N) is 1. The lowest BCUT2D eigenvalue weighted by atomic mass is 10.0. The second-order valence-corrected chi connectivity index (χ2v) is 6.18. The van der Waals surface area contributed by atoms with Crippen molar-refractivity contribution < 1.29 is 27.8 Å². The summed E-state index contributed by atoms with van der Waals surface area (Å²) < 4.78 is 45.3. The van der Waals surface area contributed by atoms with Crippen LogP contribution in [0.3, 0.4) is 0 Å². The maximum Gasteiger partial charge on any atom is 0.417 e. The van der Waals surface area contributed by atoms with Crippen molar-refractivity contribution in [3.63, 3.8) is 0 Å². The second-order valence-electron chi connectivity index (χ2n) is 6.18. The molecule has 0 fully saturated rings. The summed E-state index contributed by atoms with van der Waals surface area (Å²) in [4.78, 5) is 15.6. The summed E-state index contributed by atoms with van der Waals surface area (Å²) in [7, 11) is 1.43. The Labute approximate surface area is 161 Å². The monoisotopic (exact) mass is 402 g/mol. The lowest BCUT2D eigenvalue weighted by molar-refractivity contribution is -0.137. The highest BCUT2D eigenvalue weighted by molar-refractivity contribution is 6.11. The quantitative estimate of drug-likeness (QED) is 0.508. The number of benzene rings is 1. The van der Waals surface area contributed by atoms with Gasteiger partial charge in [-0.15, -0.1) is 10.2 Å². The minimum absolute atomic E-state index is 0.0281. The fourth-order valence-corrected chi connectivity index (χ4v) is 2.88. The number of nitrogens with zero attached hydrogens (tertiary/aromatic N) is 3. The van der Waals surface area contributed by atoms with E-state index in [1.165, 1.54) is 48.0 Å². The lowest BCUT2D eigenvalue weighted by Gasteiger charge is -2.07. The Morgan fingerprint density at radius 2 is 1.97 bits per heavy atom. The third-order valence-electron chi connectivity index (χ3n) is 4.36. The van der Waals surface area contributed by atoms with Gasteiger partial charge in [-0.05, 0) is 36.4 Å². The number of hydrogen-bond donors (Lipinski definition) is 2. The Morgan fingerprint density at radius 1 is 1.17 bits per heavy atom. The molecular formula is C19H13F3N4O3. The molecule has 7 nitrogen and oxygen atoms in total. The van der Waals surface area contributed by atoms with E-state index in [-0.39, 0.29) is 28.3 Å². The first-order valence-corrected chi connectivity index (χ1v) is 8.30. The van der Waals surface area contributed by atoms with E-state index in [0.29, 0.717) is 11.4 Å². The van der Waals surface area contributed by atoms with Gasteiger partial charge in [0, 0.05) is 18.0 Å². The molecule has 1 aromatic carbocycles. The van der Waals surface area contributed by atoms with Crippen molar-refractivity contribution in [1.29, 1.82) is 0 Å². The number of fused-ring (bicyclic) bond motifs is 1. The Morgan fingerprint density at radius 3 is 2.69 bits per heavy atom. The van der Waals surface area contributed by atoms with Gasteiger partial charge in [-0.2, -0.15) is 13.2 Å². The van der Waals surface area contributed by atoms with Crippen LogP contribution in [-0.2, 0) is 6.18 Å². The number of H-pyrrole nitrogens is 1. The van der Waals surface area contributed by atoms with Crippen LogP contribution in [0.5, 0.6) is 11.5 Å². The minimum Gasteiger partial charge on any atom is -0.507 e. The molecule has 3 heterocycles. The number of ether oxygens (including phenoxy) is 1. The molecule has 4 rings (SSSR count). The summed E-state index contributed by atoms with van der Waals surface area (Å²) >= 11 is 0. The normalized spacial score (nSPS) is 11.7. The SMILES string of the molecule is COc1ccc(O)c(C(=O)c2c[nH]c(-c3nnc4ccc(C(F)(F)F)cn34)c2)c1. The summed E-state index contributed by atoms with van der Waals surface area (Å²) in [5, 5.41) is 17.7. The van der Waals surface area contributed by atoms with Gasteiger partial charge in [0.05, 0.1) is 23.9 Å². The number of phenols is 1. The van der Waals surface area contributed by atoms with Gasteiger partial charge in [-0.25, -0.2) is 0 Å². The van der Waals surface area contributed by atoms with Gasteiger partial charge in [-0.1, -0.05) is 0 Å². The number of carbonyl (C=O) groups excluding carboxylic acids is 1. The Hall–Kier alpha value is -3.82. The first-order valence-electron chi connectivity index (χ1n) is 8.30. The molecule has 0 aliphatic rings. The molecule has 10 heteroatoms. The van der Waals surface area contributed by atoms with Crippen molar-refractivity contribution in [2.75, 3.05) is 7.11 Å². The molecule has 29 heavy (non-hydrogen) atoms. The maximum atomic E-state index is 13.0. The zero-order chi connectivity index (χ0) is 20.8. The van der Waals surface area contributed by atoms with Gasteiger partial charge in [0.2, 0.25) is 0 Å². The number of ketones is 1. The average Bonchev–Trinajstić information content (AvgIpc) is 3.33. The summed E-state index contributed by atoms with van der Waals surface area (Å²) in [6.07, 6.45) is -2.25. The van der Waals surface area contributed by atoms with E-state index in [1.54, 1.807) is 0 Å². The average molecular weight is 402 g/mol. The molecule has 0 spiro atoms. The van der Waals surface area contributed by atoms with Gasteiger partial charge in [0.1, 0.15) is 11.5 Å². The highest BCUT2D eigenvalue weighted by Crippen LogP contribution is 2.31. The molecule has 0 radical (unpaired) electrons. The highest BCUT2D eigenvalue weighted by atomic mass is 19.4. The number of pyridine rings is 1. The summed E-state index contributed by atoms with van der Waals surface area (Å²) in [5.41, 5.74) is -0.119. The number of hydrogen-bond acceptors (Lipinski definition) is 5. The highest BCUT2D eigenvalue weighted by Gasteiger charge is 2.31. The van der Waals surface area contributed by atoms with E-state index in [0.717, 1.165) is 12.3 Å². The Balaban J connectivity index is 1.74. The molecular weight excluding hydrogens is 389 g/mol. The van der Waals surface area contributed by atoms with Crippen LogP contribution in [0.1, 0.15) is 21.5 Å². The van der Waals surface area contributed by atoms with Crippen molar-refractivity contribution in [3.05, 3.63) is 65.5 Å². The van der Waals surface area contributed by atoms with Crippen LogP contribution in [0, 0.1) is 0 Å². The minimum atomic E-state index is -4.52. The fourth-order valence-electron chi connectivity index (χ4n) is 2.88. The number of methoxy groups -OCH3 is 1. The molecule has 0 aliphatic carbocycles. The van der Waals surface area contributed by atoms with Crippen LogP contribution >= 0.6 is 0 Å². The number of alkyl halides is 3. The molecule has 148 valence electrons. The molecule has 0 amide bonds. The molecule has 0 atom stereocenters. The third-order valence-corrected chi connectivity index (χ3v) is 4.36. The fraction of sp³-hybridized carbons (Fsp3) is 0.105. The number of aromatic hydroxyl groups is 1. The molecule has 0 saturated heterocycles. The van der Waals surface area contributed by atoms with Gasteiger partial charge < -0.3 is 14.8 Å². The second kappa shape index (κ2) is 6.66. The van der Waals surface area contributed by atoms with Crippen LogP contribution in [0.4, 0.5) is 13.2 Å². The molecule has 0 bridgehead atoms. The molecule has 0 unspecified atom stereocenters. The van der Waals surface area contributed by atoms with E-state index >= 15 is 0 Å². The molecule has 0 saturated carbocycles. The number of aromatic amines is 1.